The first-order valence-corrected chi connectivity index (χ1v) is 10.7. The summed E-state index contributed by atoms with van der Waals surface area (Å²) in [6.07, 6.45) is 0.764. The highest BCUT2D eigenvalue weighted by atomic mass is 19.1. The molecule has 1 aliphatic rings. The minimum Gasteiger partial charge on any atom is -0.379 e. The van der Waals surface area contributed by atoms with E-state index in [4.69, 9.17) is 4.74 Å². The number of aliphatic imine (C=N–C) groups is 1. The summed E-state index contributed by atoms with van der Waals surface area (Å²) in [5, 5.41) is 6.78. The van der Waals surface area contributed by atoms with Crippen LogP contribution in [-0.4, -0.2) is 67.3 Å². The van der Waals surface area contributed by atoms with Gasteiger partial charge in [-0.3, -0.25) is 9.89 Å². The van der Waals surface area contributed by atoms with Crippen LogP contribution in [0.4, 0.5) is 4.39 Å². The number of hydrogen-bond acceptors (Lipinski definition) is 4. The van der Waals surface area contributed by atoms with Crippen molar-refractivity contribution in [1.82, 2.24) is 25.5 Å². The highest BCUT2D eigenvalue weighted by molar-refractivity contribution is 5.79. The number of morpholine rings is 1. The van der Waals surface area contributed by atoms with E-state index < -0.39 is 0 Å². The maximum absolute atomic E-state index is 13.4. The van der Waals surface area contributed by atoms with Crippen LogP contribution in [0.1, 0.15) is 17.4 Å². The molecule has 0 aliphatic carbocycles. The molecule has 0 saturated carbocycles. The lowest BCUT2D eigenvalue weighted by molar-refractivity contribution is 0.0170. The van der Waals surface area contributed by atoms with Gasteiger partial charge in [-0.15, -0.1) is 0 Å². The molecule has 31 heavy (non-hydrogen) atoms. The van der Waals surface area contributed by atoms with Crippen molar-refractivity contribution in [2.45, 2.75) is 12.5 Å². The molecular weight excluding hydrogens is 395 g/mol. The summed E-state index contributed by atoms with van der Waals surface area (Å²) in [6.45, 7) is 4.49. The van der Waals surface area contributed by atoms with Crippen molar-refractivity contribution in [1.29, 1.82) is 0 Å². The van der Waals surface area contributed by atoms with E-state index in [1.54, 1.807) is 7.05 Å². The Labute approximate surface area is 181 Å². The summed E-state index contributed by atoms with van der Waals surface area (Å²) in [7, 11) is 1.76. The van der Waals surface area contributed by atoms with Gasteiger partial charge in [-0.1, -0.05) is 24.3 Å². The summed E-state index contributed by atoms with van der Waals surface area (Å²) >= 11 is 0. The number of halogens is 1. The van der Waals surface area contributed by atoms with Crippen LogP contribution < -0.4 is 10.6 Å². The number of hydrogen-bond donors (Lipinski definition) is 3. The second-order valence-corrected chi connectivity index (χ2v) is 7.55. The molecule has 1 aromatic heterocycles. The van der Waals surface area contributed by atoms with E-state index in [0.29, 0.717) is 26.3 Å². The molecule has 3 aromatic rings. The van der Waals surface area contributed by atoms with Gasteiger partial charge < -0.3 is 20.4 Å². The zero-order chi connectivity index (χ0) is 21.5. The third kappa shape index (κ3) is 5.59. The number of rotatable bonds is 7. The van der Waals surface area contributed by atoms with Gasteiger partial charge in [0.15, 0.2) is 5.96 Å². The molecule has 8 heteroatoms. The lowest BCUT2D eigenvalue weighted by atomic mass is 10.0. The Balaban J connectivity index is 1.33. The Morgan fingerprint density at radius 1 is 1.16 bits per heavy atom. The molecule has 164 valence electrons. The van der Waals surface area contributed by atoms with E-state index in [9.17, 15) is 4.39 Å². The van der Waals surface area contributed by atoms with E-state index in [1.807, 2.05) is 36.4 Å². The smallest absolute Gasteiger partial charge is 0.191 e. The number of H-pyrrole nitrogens is 1. The number of guanidine groups is 1. The molecule has 1 aliphatic heterocycles. The van der Waals surface area contributed by atoms with Gasteiger partial charge in [0.2, 0.25) is 0 Å². The van der Waals surface area contributed by atoms with E-state index in [0.717, 1.165) is 47.9 Å². The zero-order valence-electron chi connectivity index (χ0n) is 17.8. The minimum absolute atomic E-state index is 0.110. The monoisotopic (exact) mass is 424 g/mol. The van der Waals surface area contributed by atoms with Crippen molar-refractivity contribution in [2.24, 2.45) is 4.99 Å². The lowest BCUT2D eigenvalue weighted by Gasteiger charge is -2.35. The van der Waals surface area contributed by atoms with Crippen molar-refractivity contribution >= 4 is 17.0 Å². The van der Waals surface area contributed by atoms with Crippen LogP contribution in [0.3, 0.4) is 0 Å². The van der Waals surface area contributed by atoms with Crippen molar-refractivity contribution in [3.8, 4) is 0 Å². The van der Waals surface area contributed by atoms with Crippen molar-refractivity contribution in [3.05, 3.63) is 65.7 Å². The molecule has 7 nitrogen and oxygen atoms in total. The number of para-hydroxylation sites is 2. The molecule has 2 aromatic carbocycles. The number of ether oxygens (including phenoxy) is 1. The largest absolute Gasteiger partial charge is 0.379 e. The summed E-state index contributed by atoms with van der Waals surface area (Å²) in [4.78, 5) is 14.7. The Hall–Kier alpha value is -2.97. The van der Waals surface area contributed by atoms with Gasteiger partial charge in [0.1, 0.15) is 11.6 Å². The van der Waals surface area contributed by atoms with Crippen LogP contribution in [-0.2, 0) is 11.2 Å². The third-order valence-corrected chi connectivity index (χ3v) is 5.52. The Morgan fingerprint density at radius 2 is 1.94 bits per heavy atom. The van der Waals surface area contributed by atoms with Crippen molar-refractivity contribution < 1.29 is 9.13 Å². The summed E-state index contributed by atoms with van der Waals surface area (Å²) < 4.78 is 18.9. The van der Waals surface area contributed by atoms with E-state index in [2.05, 4.69) is 30.5 Å². The van der Waals surface area contributed by atoms with E-state index in [1.165, 1.54) is 12.1 Å². The number of aromatic nitrogens is 2. The predicted molar refractivity (Wildman–Crippen MR) is 121 cm³/mol. The number of fused-ring (bicyclic) bond motifs is 1. The second-order valence-electron chi connectivity index (χ2n) is 7.55. The van der Waals surface area contributed by atoms with Crippen LogP contribution in [0.5, 0.6) is 0 Å². The fourth-order valence-electron chi connectivity index (χ4n) is 3.87. The summed E-state index contributed by atoms with van der Waals surface area (Å²) in [5.41, 5.74) is 3.11. The number of imidazole rings is 1. The van der Waals surface area contributed by atoms with Gasteiger partial charge in [-0.2, -0.15) is 0 Å². The fourth-order valence-corrected chi connectivity index (χ4v) is 3.87. The summed E-state index contributed by atoms with van der Waals surface area (Å²) in [5.74, 6) is 1.46. The molecule has 1 fully saturated rings. The Kier molecular flexibility index (Phi) is 7.11. The van der Waals surface area contributed by atoms with Crippen LogP contribution in [0.25, 0.3) is 11.0 Å². The molecule has 3 N–H and O–H groups in total. The van der Waals surface area contributed by atoms with Crippen molar-refractivity contribution in [3.63, 3.8) is 0 Å². The molecule has 2 heterocycles. The van der Waals surface area contributed by atoms with Crippen molar-refractivity contribution in [2.75, 3.05) is 46.4 Å². The highest BCUT2D eigenvalue weighted by Crippen LogP contribution is 2.21. The molecule has 0 bridgehead atoms. The Morgan fingerprint density at radius 3 is 2.68 bits per heavy atom. The van der Waals surface area contributed by atoms with Gasteiger partial charge in [-0.25, -0.2) is 9.37 Å². The molecule has 1 atom stereocenters. The normalized spacial score (nSPS) is 16.4. The number of nitrogens with zero attached hydrogens (tertiary/aromatic N) is 3. The maximum Gasteiger partial charge on any atom is 0.191 e. The van der Waals surface area contributed by atoms with Gasteiger partial charge in [0.05, 0.1) is 30.3 Å². The number of aromatic amines is 1. The molecule has 0 amide bonds. The lowest BCUT2D eigenvalue weighted by Crippen LogP contribution is -2.46. The molecule has 1 unspecified atom stereocenters. The van der Waals surface area contributed by atoms with Gasteiger partial charge in [0.25, 0.3) is 0 Å². The quantitative estimate of drug-likeness (QED) is 0.401. The van der Waals surface area contributed by atoms with Crippen LogP contribution in [0, 0.1) is 5.82 Å². The topological polar surface area (TPSA) is 77.6 Å². The van der Waals surface area contributed by atoms with Crippen LogP contribution in [0.15, 0.2) is 53.5 Å². The predicted octanol–water partition coefficient (Wildman–Crippen LogP) is 2.48. The second kappa shape index (κ2) is 10.4. The molecular formula is C23H29FN6O. The minimum atomic E-state index is -0.222. The van der Waals surface area contributed by atoms with Gasteiger partial charge >= 0.3 is 0 Å². The van der Waals surface area contributed by atoms with Gasteiger partial charge in [-0.05, 0) is 29.8 Å². The molecule has 4 rings (SSSR count). The van der Waals surface area contributed by atoms with E-state index >= 15 is 0 Å². The first-order chi connectivity index (χ1) is 15.2. The van der Waals surface area contributed by atoms with Gasteiger partial charge in [0, 0.05) is 39.6 Å². The maximum atomic E-state index is 13.4. The van der Waals surface area contributed by atoms with E-state index in [-0.39, 0.29) is 11.9 Å². The molecule has 0 radical (unpaired) electrons. The SMILES string of the molecule is CN=C(NCCc1nc2ccccc2[nH]1)NCC(c1ccc(F)cc1)N1CCOCC1. The fraction of sp³-hybridized carbons (Fsp3) is 0.391. The van der Waals surface area contributed by atoms with Crippen LogP contribution >= 0.6 is 0 Å². The number of nitrogens with one attached hydrogen (secondary N) is 3. The highest BCUT2D eigenvalue weighted by Gasteiger charge is 2.23. The van der Waals surface area contributed by atoms with Crippen LogP contribution in [0.2, 0.25) is 0 Å². The standard InChI is InChI=1S/C23H29FN6O/c1-25-23(26-11-10-22-28-19-4-2-3-5-20(19)29-22)27-16-21(30-12-14-31-15-13-30)17-6-8-18(24)9-7-17/h2-9,21H,10-16H2,1H3,(H,28,29)(H2,25,26,27). The first kappa shape index (κ1) is 21.3. The molecule has 0 spiro atoms. The molecule has 1 saturated heterocycles. The third-order valence-electron chi connectivity index (χ3n) is 5.52. The first-order valence-electron chi connectivity index (χ1n) is 10.7. The average molecular weight is 425 g/mol. The number of benzene rings is 2. The average Bonchev–Trinajstić information content (AvgIpc) is 3.22. The Bertz CT molecular complexity index is 964. The summed E-state index contributed by atoms with van der Waals surface area (Å²) in [6, 6.07) is 14.9. The zero-order valence-corrected chi connectivity index (χ0v) is 17.8.